The first-order valence-electron chi connectivity index (χ1n) is 6.57. The Hall–Kier alpha value is -1.14. The molecule has 0 amide bonds. The Bertz CT molecular complexity index is 575. The van der Waals surface area contributed by atoms with E-state index < -0.39 is 0 Å². The van der Waals surface area contributed by atoms with Crippen LogP contribution in [0.4, 0.5) is 10.8 Å². The lowest BCUT2D eigenvalue weighted by Crippen LogP contribution is -2.33. The SMILES string of the molecule is Cc1nc(-c2c(N)nsc2N2CCCC(C)C2)cs1. The molecule has 102 valence electrons. The molecule has 0 aliphatic carbocycles. The van der Waals surface area contributed by atoms with Gasteiger partial charge < -0.3 is 10.6 Å². The first-order valence-corrected chi connectivity index (χ1v) is 8.23. The number of nitrogens with zero attached hydrogens (tertiary/aromatic N) is 3. The molecule has 1 saturated heterocycles. The van der Waals surface area contributed by atoms with Gasteiger partial charge in [-0.2, -0.15) is 4.37 Å². The summed E-state index contributed by atoms with van der Waals surface area (Å²) in [6.45, 7) is 6.52. The van der Waals surface area contributed by atoms with Crippen molar-refractivity contribution < 1.29 is 0 Å². The Balaban J connectivity index is 1.98. The van der Waals surface area contributed by atoms with E-state index in [0.29, 0.717) is 5.82 Å². The molecular formula is C13H18N4S2. The van der Waals surface area contributed by atoms with Gasteiger partial charge in [0.25, 0.3) is 0 Å². The van der Waals surface area contributed by atoms with Crippen LogP contribution in [0.15, 0.2) is 5.38 Å². The lowest BCUT2D eigenvalue weighted by molar-refractivity contribution is 0.448. The van der Waals surface area contributed by atoms with Gasteiger partial charge in [-0.15, -0.1) is 11.3 Å². The largest absolute Gasteiger partial charge is 0.382 e. The van der Waals surface area contributed by atoms with Crippen LogP contribution in [0.2, 0.25) is 0 Å². The molecule has 0 saturated carbocycles. The maximum atomic E-state index is 6.06. The van der Waals surface area contributed by atoms with Crippen molar-refractivity contribution in [2.75, 3.05) is 23.7 Å². The van der Waals surface area contributed by atoms with E-state index >= 15 is 0 Å². The number of thiazole rings is 1. The zero-order valence-electron chi connectivity index (χ0n) is 11.2. The minimum Gasteiger partial charge on any atom is -0.382 e. The minimum absolute atomic E-state index is 0.614. The summed E-state index contributed by atoms with van der Waals surface area (Å²) in [7, 11) is 0. The summed E-state index contributed by atoms with van der Waals surface area (Å²) in [6.07, 6.45) is 2.56. The maximum Gasteiger partial charge on any atom is 0.148 e. The Kier molecular flexibility index (Phi) is 3.45. The van der Waals surface area contributed by atoms with Gasteiger partial charge in [0, 0.05) is 18.5 Å². The van der Waals surface area contributed by atoms with Gasteiger partial charge in [0.2, 0.25) is 0 Å². The van der Waals surface area contributed by atoms with Gasteiger partial charge in [0.1, 0.15) is 10.8 Å². The van der Waals surface area contributed by atoms with Crippen LogP contribution in [0.1, 0.15) is 24.8 Å². The average molecular weight is 294 g/mol. The number of rotatable bonds is 2. The monoisotopic (exact) mass is 294 g/mol. The number of nitrogens with two attached hydrogens (primary N) is 1. The van der Waals surface area contributed by atoms with Gasteiger partial charge in [-0.25, -0.2) is 4.98 Å². The summed E-state index contributed by atoms with van der Waals surface area (Å²) in [5.74, 6) is 1.35. The zero-order chi connectivity index (χ0) is 13.4. The van der Waals surface area contributed by atoms with Crippen LogP contribution in [-0.2, 0) is 0 Å². The van der Waals surface area contributed by atoms with Gasteiger partial charge >= 0.3 is 0 Å². The molecule has 0 aromatic carbocycles. The van der Waals surface area contributed by atoms with Crippen LogP contribution in [0.25, 0.3) is 11.3 Å². The third-order valence-corrected chi connectivity index (χ3v) is 5.22. The summed E-state index contributed by atoms with van der Waals surface area (Å²) in [4.78, 5) is 6.99. The Morgan fingerprint density at radius 1 is 1.47 bits per heavy atom. The highest BCUT2D eigenvalue weighted by Crippen LogP contribution is 2.40. The predicted molar refractivity (Wildman–Crippen MR) is 83.0 cm³/mol. The van der Waals surface area contributed by atoms with Gasteiger partial charge in [-0.1, -0.05) is 6.92 Å². The zero-order valence-corrected chi connectivity index (χ0v) is 12.9. The van der Waals surface area contributed by atoms with E-state index in [2.05, 4.69) is 26.6 Å². The van der Waals surface area contributed by atoms with Crippen LogP contribution in [-0.4, -0.2) is 22.4 Å². The number of piperidine rings is 1. The molecule has 1 aliphatic heterocycles. The van der Waals surface area contributed by atoms with Crippen molar-refractivity contribution in [3.05, 3.63) is 10.4 Å². The van der Waals surface area contributed by atoms with E-state index in [9.17, 15) is 0 Å². The highest BCUT2D eigenvalue weighted by molar-refractivity contribution is 7.11. The van der Waals surface area contributed by atoms with E-state index in [0.717, 1.165) is 35.3 Å². The second-order valence-electron chi connectivity index (χ2n) is 5.19. The molecule has 19 heavy (non-hydrogen) atoms. The van der Waals surface area contributed by atoms with Crippen LogP contribution in [0.3, 0.4) is 0 Å². The minimum atomic E-state index is 0.614. The topological polar surface area (TPSA) is 55.0 Å². The molecule has 0 bridgehead atoms. The molecule has 4 nitrogen and oxygen atoms in total. The summed E-state index contributed by atoms with van der Waals surface area (Å²) in [5, 5.41) is 4.33. The molecular weight excluding hydrogens is 276 g/mol. The summed E-state index contributed by atoms with van der Waals surface area (Å²) in [5.41, 5.74) is 8.07. The standard InChI is InChI=1S/C13H18N4S2/c1-8-4-3-5-17(6-8)13-11(12(14)16-19-13)10-7-18-9(2)15-10/h7-8H,3-6H2,1-2H3,(H2,14,16). The Morgan fingerprint density at radius 3 is 3.00 bits per heavy atom. The van der Waals surface area contributed by atoms with Crippen molar-refractivity contribution in [1.82, 2.24) is 9.36 Å². The van der Waals surface area contributed by atoms with Gasteiger partial charge in [0.15, 0.2) is 0 Å². The maximum absolute atomic E-state index is 6.06. The Morgan fingerprint density at radius 2 is 2.32 bits per heavy atom. The molecule has 1 aliphatic rings. The molecule has 0 radical (unpaired) electrons. The molecule has 2 aromatic heterocycles. The summed E-state index contributed by atoms with van der Waals surface area (Å²) in [6, 6.07) is 0. The van der Waals surface area contributed by atoms with Crippen molar-refractivity contribution in [3.63, 3.8) is 0 Å². The molecule has 1 fully saturated rings. The lowest BCUT2D eigenvalue weighted by atomic mass is 10.0. The van der Waals surface area contributed by atoms with Crippen LogP contribution >= 0.6 is 22.9 Å². The van der Waals surface area contributed by atoms with Crippen molar-refractivity contribution in [1.29, 1.82) is 0 Å². The van der Waals surface area contributed by atoms with Crippen molar-refractivity contribution in [2.24, 2.45) is 5.92 Å². The molecule has 6 heteroatoms. The van der Waals surface area contributed by atoms with E-state index in [1.807, 2.05) is 6.92 Å². The highest BCUT2D eigenvalue weighted by Gasteiger charge is 2.24. The second-order valence-corrected chi connectivity index (χ2v) is 7.01. The quantitative estimate of drug-likeness (QED) is 0.922. The van der Waals surface area contributed by atoms with Gasteiger partial charge in [-0.05, 0) is 37.2 Å². The van der Waals surface area contributed by atoms with E-state index in [1.165, 1.54) is 29.4 Å². The molecule has 1 atom stereocenters. The van der Waals surface area contributed by atoms with E-state index in [1.54, 1.807) is 11.3 Å². The third-order valence-electron chi connectivity index (χ3n) is 3.52. The number of nitrogen functional groups attached to an aromatic ring is 1. The van der Waals surface area contributed by atoms with E-state index in [-0.39, 0.29) is 0 Å². The number of aromatic nitrogens is 2. The second kappa shape index (κ2) is 5.09. The highest BCUT2D eigenvalue weighted by atomic mass is 32.1. The molecule has 1 unspecified atom stereocenters. The average Bonchev–Trinajstić information content (AvgIpc) is 2.95. The fourth-order valence-electron chi connectivity index (χ4n) is 2.60. The van der Waals surface area contributed by atoms with Crippen LogP contribution in [0, 0.1) is 12.8 Å². The van der Waals surface area contributed by atoms with Crippen LogP contribution in [0.5, 0.6) is 0 Å². The number of anilines is 2. The fraction of sp³-hybridized carbons (Fsp3) is 0.538. The molecule has 0 spiro atoms. The summed E-state index contributed by atoms with van der Waals surface area (Å²) < 4.78 is 4.34. The third kappa shape index (κ3) is 2.47. The van der Waals surface area contributed by atoms with Gasteiger partial charge in [0.05, 0.1) is 16.3 Å². The Labute approximate surface area is 121 Å². The van der Waals surface area contributed by atoms with Crippen molar-refractivity contribution in [2.45, 2.75) is 26.7 Å². The fourth-order valence-corrected chi connectivity index (χ4v) is 4.06. The molecule has 2 N–H and O–H groups in total. The molecule has 3 rings (SSSR count). The van der Waals surface area contributed by atoms with Crippen molar-refractivity contribution >= 4 is 33.7 Å². The predicted octanol–water partition coefficient (Wildman–Crippen LogP) is 3.39. The molecule has 2 aromatic rings. The first-order chi connectivity index (χ1) is 9.15. The van der Waals surface area contributed by atoms with Crippen LogP contribution < -0.4 is 10.6 Å². The number of aryl methyl sites for hydroxylation is 1. The number of hydrogen-bond acceptors (Lipinski definition) is 6. The molecule has 3 heterocycles. The lowest BCUT2D eigenvalue weighted by Gasteiger charge is -2.31. The first kappa shape index (κ1) is 12.9. The van der Waals surface area contributed by atoms with Crippen molar-refractivity contribution in [3.8, 4) is 11.3 Å². The smallest absolute Gasteiger partial charge is 0.148 e. The van der Waals surface area contributed by atoms with E-state index in [4.69, 9.17) is 5.73 Å². The summed E-state index contributed by atoms with van der Waals surface area (Å²) >= 11 is 3.16. The number of hydrogen-bond donors (Lipinski definition) is 1. The van der Waals surface area contributed by atoms with Gasteiger partial charge in [-0.3, -0.25) is 0 Å². The normalized spacial score (nSPS) is 19.9.